The number of amides is 1. The van der Waals surface area contributed by atoms with Crippen molar-refractivity contribution in [2.45, 2.75) is 0 Å². The number of anilines is 3. The van der Waals surface area contributed by atoms with Crippen LogP contribution in [0.5, 0.6) is 0 Å². The average molecular weight is 479 g/mol. The molecule has 0 spiro atoms. The third kappa shape index (κ3) is 4.79. The van der Waals surface area contributed by atoms with E-state index >= 15 is 0 Å². The van der Waals surface area contributed by atoms with Crippen molar-refractivity contribution in [3.63, 3.8) is 0 Å². The van der Waals surface area contributed by atoms with Crippen molar-refractivity contribution in [3.8, 4) is 0 Å². The minimum absolute atomic E-state index is 0.331. The van der Waals surface area contributed by atoms with Crippen molar-refractivity contribution in [1.29, 1.82) is 5.41 Å². The van der Waals surface area contributed by atoms with Gasteiger partial charge in [-0.2, -0.15) is 4.98 Å². The summed E-state index contributed by atoms with van der Waals surface area (Å²) in [6.45, 7) is 4.04. The first-order valence-electron chi connectivity index (χ1n) is 11.3. The summed E-state index contributed by atoms with van der Waals surface area (Å²) >= 11 is 0. The van der Waals surface area contributed by atoms with Gasteiger partial charge in [0, 0.05) is 50.7 Å². The zero-order valence-corrected chi connectivity index (χ0v) is 19.3. The van der Waals surface area contributed by atoms with Gasteiger partial charge in [0.2, 0.25) is 5.65 Å². The molecule has 5 heterocycles. The van der Waals surface area contributed by atoms with Gasteiger partial charge in [0.1, 0.15) is 18.4 Å². The van der Waals surface area contributed by atoms with E-state index in [-0.39, 0.29) is 5.91 Å². The summed E-state index contributed by atoms with van der Waals surface area (Å²) in [6, 6.07) is 7.36. The standard InChI is InChI=1S/C23H26N8O4/c1-25-13-15(12-24)17-3-2-4-19(26-17)27-22(32)16-11-18-20(28-21(16)31-7-10-34-14-31)29-23(35-18)30-5-8-33-9-6-30/h2-4,11-13,24-25H,5-10,14H2,1H3,(H,26,27,32)/b15-13+,24-12?. The van der Waals surface area contributed by atoms with Gasteiger partial charge < -0.3 is 39.7 Å². The number of hydrogen-bond acceptors (Lipinski definition) is 11. The number of ether oxygens (including phenoxy) is 2. The highest BCUT2D eigenvalue weighted by Crippen LogP contribution is 2.29. The van der Waals surface area contributed by atoms with Gasteiger partial charge in [-0.05, 0) is 12.1 Å². The summed E-state index contributed by atoms with van der Waals surface area (Å²) in [4.78, 5) is 31.0. The van der Waals surface area contributed by atoms with E-state index in [0.717, 1.165) is 0 Å². The van der Waals surface area contributed by atoms with Crippen LogP contribution in [0, 0.1) is 5.41 Å². The Morgan fingerprint density at radius 3 is 2.63 bits per heavy atom. The first kappa shape index (κ1) is 22.7. The fourth-order valence-electron chi connectivity index (χ4n) is 3.92. The molecule has 3 aromatic heterocycles. The summed E-state index contributed by atoms with van der Waals surface area (Å²) in [5, 5.41) is 13.4. The summed E-state index contributed by atoms with van der Waals surface area (Å²) in [6.07, 6.45) is 2.87. The number of rotatable bonds is 7. The van der Waals surface area contributed by atoms with E-state index in [2.05, 4.69) is 25.6 Å². The smallest absolute Gasteiger partial charge is 0.300 e. The van der Waals surface area contributed by atoms with Crippen LogP contribution in [-0.4, -0.2) is 80.3 Å². The first-order valence-corrected chi connectivity index (χ1v) is 11.3. The van der Waals surface area contributed by atoms with Crippen LogP contribution in [0.25, 0.3) is 16.8 Å². The van der Waals surface area contributed by atoms with E-state index in [1.165, 1.54) is 6.21 Å². The number of carbonyl (C=O) groups is 1. The molecule has 2 aliphatic heterocycles. The maximum atomic E-state index is 13.4. The van der Waals surface area contributed by atoms with Crippen LogP contribution in [0.4, 0.5) is 17.7 Å². The molecular weight excluding hydrogens is 452 g/mol. The monoisotopic (exact) mass is 478 g/mol. The van der Waals surface area contributed by atoms with Crippen LogP contribution in [0.1, 0.15) is 16.1 Å². The Bertz CT molecular complexity index is 1260. The lowest BCUT2D eigenvalue weighted by Gasteiger charge is -2.24. The Morgan fingerprint density at radius 2 is 1.89 bits per heavy atom. The predicted octanol–water partition coefficient (Wildman–Crippen LogP) is 1.71. The van der Waals surface area contributed by atoms with E-state index in [9.17, 15) is 4.79 Å². The van der Waals surface area contributed by atoms with Gasteiger partial charge in [-0.25, -0.2) is 9.97 Å². The molecule has 35 heavy (non-hydrogen) atoms. The maximum absolute atomic E-state index is 13.4. The van der Waals surface area contributed by atoms with Crippen LogP contribution in [0.2, 0.25) is 0 Å². The van der Waals surface area contributed by atoms with E-state index in [1.807, 2.05) is 9.80 Å². The molecule has 2 fully saturated rings. The van der Waals surface area contributed by atoms with Crippen LogP contribution < -0.4 is 20.4 Å². The second-order valence-corrected chi connectivity index (χ2v) is 7.97. The minimum Gasteiger partial charge on any atom is -0.422 e. The maximum Gasteiger partial charge on any atom is 0.300 e. The topological polar surface area (TPSA) is 142 Å². The number of pyridine rings is 2. The molecule has 2 aliphatic rings. The third-order valence-electron chi connectivity index (χ3n) is 5.67. The second-order valence-electron chi connectivity index (χ2n) is 7.97. The lowest BCUT2D eigenvalue weighted by atomic mass is 10.2. The Hall–Kier alpha value is -4.03. The first-order chi connectivity index (χ1) is 17.2. The van der Waals surface area contributed by atoms with Gasteiger partial charge in [0.05, 0.1) is 31.1 Å². The molecule has 0 atom stereocenters. The van der Waals surface area contributed by atoms with Gasteiger partial charge in [-0.3, -0.25) is 4.79 Å². The molecule has 3 aromatic rings. The average Bonchev–Trinajstić information content (AvgIpc) is 3.57. The van der Waals surface area contributed by atoms with Crippen molar-refractivity contribution >= 4 is 46.6 Å². The lowest BCUT2D eigenvalue weighted by molar-refractivity contribution is 0.102. The molecule has 0 aliphatic carbocycles. The van der Waals surface area contributed by atoms with Crippen LogP contribution >= 0.6 is 0 Å². The van der Waals surface area contributed by atoms with Crippen molar-refractivity contribution in [2.75, 3.05) is 68.4 Å². The normalized spacial score (nSPS) is 16.5. The molecule has 0 aromatic carbocycles. The second kappa shape index (κ2) is 10.1. The Morgan fingerprint density at radius 1 is 1.09 bits per heavy atom. The third-order valence-corrected chi connectivity index (χ3v) is 5.67. The molecule has 0 saturated carbocycles. The zero-order chi connectivity index (χ0) is 24.2. The molecule has 12 heteroatoms. The van der Waals surface area contributed by atoms with E-state index < -0.39 is 0 Å². The van der Waals surface area contributed by atoms with E-state index in [1.54, 1.807) is 37.5 Å². The molecule has 0 bridgehead atoms. The summed E-state index contributed by atoms with van der Waals surface area (Å²) in [5.74, 6) is 0.441. The molecule has 1 amide bonds. The molecule has 2 saturated heterocycles. The number of oxazole rings is 1. The van der Waals surface area contributed by atoms with Gasteiger partial charge in [-0.15, -0.1) is 0 Å². The number of morpholine rings is 1. The van der Waals surface area contributed by atoms with E-state index in [0.29, 0.717) is 91.9 Å². The highest BCUT2D eigenvalue weighted by Gasteiger charge is 2.26. The lowest BCUT2D eigenvalue weighted by Crippen LogP contribution is -2.36. The Balaban J connectivity index is 1.48. The fraction of sp³-hybridized carbons (Fsp3) is 0.348. The predicted molar refractivity (Wildman–Crippen MR) is 131 cm³/mol. The molecule has 12 nitrogen and oxygen atoms in total. The Labute approximate surface area is 201 Å². The molecule has 3 N–H and O–H groups in total. The largest absolute Gasteiger partial charge is 0.422 e. The summed E-state index contributed by atoms with van der Waals surface area (Å²) < 4.78 is 16.9. The molecule has 182 valence electrons. The van der Waals surface area contributed by atoms with Crippen molar-refractivity contribution < 1.29 is 18.7 Å². The number of nitrogens with zero attached hydrogens (tertiary/aromatic N) is 5. The zero-order valence-electron chi connectivity index (χ0n) is 19.3. The van der Waals surface area contributed by atoms with Gasteiger partial charge in [0.15, 0.2) is 5.58 Å². The van der Waals surface area contributed by atoms with Crippen molar-refractivity contribution in [1.82, 2.24) is 20.3 Å². The number of nitrogens with one attached hydrogen (secondary N) is 3. The SMILES string of the molecule is CN/C=C(\C=N)c1cccc(NC(=O)c2cc3oc(N4CCOCC4)nc3nc2N2CCOC2)n1. The number of fused-ring (bicyclic) bond motifs is 1. The fourth-order valence-corrected chi connectivity index (χ4v) is 3.92. The molecule has 0 radical (unpaired) electrons. The summed E-state index contributed by atoms with van der Waals surface area (Å²) in [7, 11) is 1.75. The van der Waals surface area contributed by atoms with Crippen LogP contribution in [0.3, 0.4) is 0 Å². The highest BCUT2D eigenvalue weighted by molar-refractivity contribution is 6.09. The number of aromatic nitrogens is 3. The minimum atomic E-state index is -0.385. The van der Waals surface area contributed by atoms with Gasteiger partial charge in [0.25, 0.3) is 11.9 Å². The molecule has 5 rings (SSSR count). The number of hydrogen-bond donors (Lipinski definition) is 3. The molecule has 0 unspecified atom stereocenters. The summed E-state index contributed by atoms with van der Waals surface area (Å²) in [5.41, 5.74) is 2.32. The van der Waals surface area contributed by atoms with Crippen LogP contribution in [-0.2, 0) is 9.47 Å². The number of allylic oxidation sites excluding steroid dienone is 1. The van der Waals surface area contributed by atoms with Gasteiger partial charge in [-0.1, -0.05) is 6.07 Å². The van der Waals surface area contributed by atoms with Crippen molar-refractivity contribution in [2.24, 2.45) is 0 Å². The van der Waals surface area contributed by atoms with Crippen molar-refractivity contribution in [3.05, 3.63) is 41.7 Å². The number of carbonyl (C=O) groups excluding carboxylic acids is 1. The Kier molecular flexibility index (Phi) is 6.55. The van der Waals surface area contributed by atoms with Gasteiger partial charge >= 0.3 is 0 Å². The quantitative estimate of drug-likeness (QED) is 0.430. The van der Waals surface area contributed by atoms with E-state index in [4.69, 9.17) is 19.3 Å². The highest BCUT2D eigenvalue weighted by atomic mass is 16.5. The molecular formula is C23H26N8O4. The van der Waals surface area contributed by atoms with Crippen LogP contribution in [0.15, 0.2) is 34.9 Å².